The number of nitrogens with one attached hydrogen (secondary N) is 1. The molecule has 6 nitrogen and oxygen atoms in total. The maximum absolute atomic E-state index is 13.5. The number of hydrogen-bond donors (Lipinski definition) is 1. The molecule has 3 aromatic rings. The van der Waals surface area contributed by atoms with Crippen LogP contribution >= 0.6 is 0 Å². The van der Waals surface area contributed by atoms with Crippen molar-refractivity contribution in [2.75, 3.05) is 13.2 Å². The minimum Gasteiger partial charge on any atom is -0.449 e. The van der Waals surface area contributed by atoms with E-state index in [-0.39, 0.29) is 30.2 Å². The molecule has 218 valence electrons. The number of amides is 1. The molecule has 0 spiro atoms. The van der Waals surface area contributed by atoms with Crippen LogP contribution in [0.2, 0.25) is 0 Å². The number of alkyl carbamates (subject to hydrolysis) is 1. The second-order valence-electron chi connectivity index (χ2n) is 11.4. The van der Waals surface area contributed by atoms with Crippen LogP contribution in [-0.2, 0) is 20.2 Å². The fraction of sp³-hybridized carbons (Fsp3) is 0.312. The molecule has 5 rings (SSSR count). The van der Waals surface area contributed by atoms with Crippen LogP contribution in [-0.4, -0.2) is 43.9 Å². The summed E-state index contributed by atoms with van der Waals surface area (Å²) in [5.74, 6) is -0.137. The van der Waals surface area contributed by atoms with Crippen molar-refractivity contribution in [3.05, 3.63) is 100 Å². The van der Waals surface area contributed by atoms with Crippen LogP contribution in [0.15, 0.2) is 72.2 Å². The zero-order chi connectivity index (χ0) is 30.3. The number of benzene rings is 3. The van der Waals surface area contributed by atoms with Crippen LogP contribution in [0.1, 0.15) is 66.2 Å². The van der Waals surface area contributed by atoms with Crippen molar-refractivity contribution < 1.29 is 36.8 Å². The molecule has 1 aliphatic heterocycles. The van der Waals surface area contributed by atoms with Gasteiger partial charge in [-0.3, -0.25) is 4.79 Å². The summed E-state index contributed by atoms with van der Waals surface area (Å²) in [6.45, 7) is 7.30. The molecule has 1 N–H and O–H groups in total. The predicted molar refractivity (Wildman–Crippen MR) is 154 cm³/mol. The Morgan fingerprint density at radius 1 is 0.929 bits per heavy atom. The van der Waals surface area contributed by atoms with Crippen molar-refractivity contribution in [2.45, 2.75) is 51.0 Å². The lowest BCUT2D eigenvalue weighted by Crippen LogP contribution is -2.41. The molecule has 0 radical (unpaired) electrons. The highest BCUT2D eigenvalue weighted by Crippen LogP contribution is 2.44. The molecule has 1 saturated heterocycles. The number of carbonyl (C=O) groups excluding carboxylic acids is 2. The number of halogens is 3. The number of hydrogen-bond acceptors (Lipinski definition) is 5. The van der Waals surface area contributed by atoms with Crippen molar-refractivity contribution in [3.8, 4) is 11.1 Å². The summed E-state index contributed by atoms with van der Waals surface area (Å²) >= 11 is 0. The average Bonchev–Trinajstić information content (AvgIpc) is 3.37. The maximum Gasteiger partial charge on any atom is 0.492 e. The Kier molecular flexibility index (Phi) is 7.81. The van der Waals surface area contributed by atoms with Crippen LogP contribution in [0.3, 0.4) is 0 Å². The zero-order valence-electron chi connectivity index (χ0n) is 23.7. The van der Waals surface area contributed by atoms with Gasteiger partial charge in [-0.2, -0.15) is 13.2 Å². The fourth-order valence-corrected chi connectivity index (χ4v) is 5.20. The van der Waals surface area contributed by atoms with Crippen molar-refractivity contribution in [1.29, 1.82) is 0 Å². The van der Waals surface area contributed by atoms with Gasteiger partial charge in [0.25, 0.3) is 0 Å². The third-order valence-electron chi connectivity index (χ3n) is 8.22. The van der Waals surface area contributed by atoms with Gasteiger partial charge < -0.3 is 19.4 Å². The molecule has 0 saturated carbocycles. The summed E-state index contributed by atoms with van der Waals surface area (Å²) in [5.41, 5.74) is 2.33. The largest absolute Gasteiger partial charge is 0.492 e. The number of rotatable bonds is 7. The number of ether oxygens (including phenoxy) is 1. The smallest absolute Gasteiger partial charge is 0.449 e. The molecule has 42 heavy (non-hydrogen) atoms. The molecular formula is C32H31BF3NO5. The van der Waals surface area contributed by atoms with Gasteiger partial charge in [0.05, 0.1) is 16.8 Å². The molecule has 2 aliphatic rings. The average molecular weight is 577 g/mol. The number of carbonyl (C=O) groups is 2. The van der Waals surface area contributed by atoms with Gasteiger partial charge in [0.15, 0.2) is 6.29 Å². The quantitative estimate of drug-likeness (QED) is 0.240. The molecule has 1 amide bonds. The number of aldehydes is 1. The lowest BCUT2D eigenvalue weighted by Gasteiger charge is -2.32. The molecule has 10 heteroatoms. The highest BCUT2D eigenvalue weighted by molar-refractivity contribution is 6.56. The van der Waals surface area contributed by atoms with Crippen LogP contribution < -0.4 is 5.32 Å². The molecular weight excluding hydrogens is 546 g/mol. The van der Waals surface area contributed by atoms with E-state index in [1.807, 2.05) is 76.2 Å². The second kappa shape index (κ2) is 11.1. The summed E-state index contributed by atoms with van der Waals surface area (Å²) in [4.78, 5) is 24.6. The first-order valence-electron chi connectivity index (χ1n) is 13.6. The van der Waals surface area contributed by atoms with Crippen LogP contribution in [0.25, 0.3) is 17.2 Å². The van der Waals surface area contributed by atoms with E-state index in [1.54, 1.807) is 0 Å². The lowest BCUT2D eigenvalue weighted by molar-refractivity contribution is -0.137. The third kappa shape index (κ3) is 5.74. The van der Waals surface area contributed by atoms with E-state index in [0.29, 0.717) is 11.8 Å². The standard InChI is InChI=1S/C32H31BF3NO5/c1-30(2)31(3,4)42-33(41-30)23(16-21-15-22(32(34,35)36)14-13-20(21)18-38)17-37-29(39)40-19-28-26-11-7-5-9-24(26)25-10-6-8-12-27(25)28/h5-16,18,28H,17,19H2,1-4H3,(H,37,39). The van der Waals surface area contributed by atoms with Crippen LogP contribution in [0, 0.1) is 0 Å². The monoisotopic (exact) mass is 577 g/mol. The second-order valence-corrected chi connectivity index (χ2v) is 11.4. The van der Waals surface area contributed by atoms with E-state index in [1.165, 1.54) is 6.08 Å². The van der Waals surface area contributed by atoms with E-state index in [2.05, 4.69) is 5.32 Å². The highest BCUT2D eigenvalue weighted by Gasteiger charge is 2.52. The molecule has 3 aromatic carbocycles. The van der Waals surface area contributed by atoms with Gasteiger partial charge in [-0.25, -0.2) is 4.79 Å². The Hall–Kier alpha value is -3.89. The first-order valence-corrected chi connectivity index (χ1v) is 13.6. The molecule has 0 aromatic heterocycles. The molecule has 0 unspecified atom stereocenters. The SMILES string of the molecule is CC1(C)OB(C(=Cc2cc(C(F)(F)F)ccc2C=O)CNC(=O)OCC2c3ccccc3-c3ccccc32)OC1(C)C. The van der Waals surface area contributed by atoms with E-state index >= 15 is 0 Å². The Morgan fingerprint density at radius 2 is 1.50 bits per heavy atom. The van der Waals surface area contributed by atoms with Crippen molar-refractivity contribution >= 4 is 25.6 Å². The minimum absolute atomic E-state index is 0.0267. The summed E-state index contributed by atoms with van der Waals surface area (Å²) in [6, 6.07) is 18.8. The third-order valence-corrected chi connectivity index (χ3v) is 8.22. The van der Waals surface area contributed by atoms with E-state index in [0.717, 1.165) is 40.5 Å². The molecule has 1 heterocycles. The summed E-state index contributed by atoms with van der Waals surface area (Å²) in [6.07, 6.45) is -3.44. The van der Waals surface area contributed by atoms with Crippen molar-refractivity contribution in [2.24, 2.45) is 0 Å². The lowest BCUT2D eigenvalue weighted by atomic mass is 9.76. The van der Waals surface area contributed by atoms with E-state index in [9.17, 15) is 22.8 Å². The van der Waals surface area contributed by atoms with Gasteiger partial charge in [0.2, 0.25) is 0 Å². The van der Waals surface area contributed by atoms with Crippen LogP contribution in [0.5, 0.6) is 0 Å². The normalized spacial score (nSPS) is 17.5. The van der Waals surface area contributed by atoms with Gasteiger partial charge in [0.1, 0.15) is 6.61 Å². The first-order chi connectivity index (χ1) is 19.8. The van der Waals surface area contributed by atoms with E-state index < -0.39 is 36.2 Å². The Morgan fingerprint density at radius 3 is 2.05 bits per heavy atom. The maximum atomic E-state index is 13.5. The highest BCUT2D eigenvalue weighted by atomic mass is 19.4. The van der Waals surface area contributed by atoms with Gasteiger partial charge in [-0.15, -0.1) is 0 Å². The van der Waals surface area contributed by atoms with Gasteiger partial charge >= 0.3 is 19.4 Å². The molecule has 0 bridgehead atoms. The van der Waals surface area contributed by atoms with Gasteiger partial charge in [0, 0.05) is 18.0 Å². The van der Waals surface area contributed by atoms with Gasteiger partial charge in [-0.1, -0.05) is 60.7 Å². The summed E-state index contributed by atoms with van der Waals surface area (Å²) in [5, 5.41) is 2.69. The van der Waals surface area contributed by atoms with Crippen molar-refractivity contribution in [3.63, 3.8) is 0 Å². The summed E-state index contributed by atoms with van der Waals surface area (Å²) < 4.78 is 58.3. The topological polar surface area (TPSA) is 73.9 Å². The predicted octanol–water partition coefficient (Wildman–Crippen LogP) is 7.07. The Bertz CT molecular complexity index is 1490. The minimum atomic E-state index is -4.60. The Labute approximate surface area is 243 Å². The molecule has 0 atom stereocenters. The first kappa shape index (κ1) is 29.6. The molecule has 1 fully saturated rings. The number of alkyl halides is 3. The summed E-state index contributed by atoms with van der Waals surface area (Å²) in [7, 11) is -0.988. The Balaban J connectivity index is 1.37. The fourth-order valence-electron chi connectivity index (χ4n) is 5.20. The van der Waals surface area contributed by atoms with Gasteiger partial charge in [-0.05, 0) is 73.1 Å². The van der Waals surface area contributed by atoms with E-state index in [4.69, 9.17) is 14.0 Å². The van der Waals surface area contributed by atoms with Crippen LogP contribution in [0.4, 0.5) is 18.0 Å². The number of fused-ring (bicyclic) bond motifs is 3. The molecule has 1 aliphatic carbocycles. The van der Waals surface area contributed by atoms with Crippen molar-refractivity contribution in [1.82, 2.24) is 5.32 Å². The zero-order valence-corrected chi connectivity index (χ0v) is 23.7.